The van der Waals surface area contributed by atoms with Gasteiger partial charge in [-0.15, -0.1) is 0 Å². The fourth-order valence-electron chi connectivity index (χ4n) is 6.87. The number of hydrogen-bond acceptors (Lipinski definition) is 11. The summed E-state index contributed by atoms with van der Waals surface area (Å²) in [7, 11) is 1.01. The highest BCUT2D eigenvalue weighted by Crippen LogP contribution is 2.38. The molecule has 0 radical (unpaired) electrons. The first-order valence-electron chi connectivity index (χ1n) is 25.2. The Balaban J connectivity index is 2.40. The Morgan fingerprint density at radius 3 is 1.88 bits per heavy atom. The molecule has 1 unspecified atom stereocenters. The summed E-state index contributed by atoms with van der Waals surface area (Å²) in [5.74, 6) is 1.31. The zero-order valence-corrected chi connectivity index (χ0v) is 43.4. The molecule has 0 amide bonds. The normalized spacial score (nSPS) is 15.0. The van der Waals surface area contributed by atoms with Gasteiger partial charge in [0.05, 0.1) is 40.0 Å². The Hall–Kier alpha value is -3.35. The van der Waals surface area contributed by atoms with Gasteiger partial charge in [-0.05, 0) is 76.3 Å². The maximum Gasteiger partial charge on any atom is 0.306 e. The lowest BCUT2D eigenvalue weighted by molar-refractivity contribution is -0.870. The molecule has 0 saturated heterocycles. The second-order valence-electron chi connectivity index (χ2n) is 18.4. The minimum absolute atomic E-state index is 0.0291. The van der Waals surface area contributed by atoms with Crippen LogP contribution in [0.25, 0.3) is 0 Å². The number of phosphoric acid groups is 1. The van der Waals surface area contributed by atoms with Crippen molar-refractivity contribution < 1.29 is 56.7 Å². The molecule has 0 bridgehead atoms. The first kappa shape index (κ1) is 61.7. The monoisotopic (exact) mass is 960 g/mol. The summed E-state index contributed by atoms with van der Waals surface area (Å²) in [5.41, 5.74) is 2.67. The number of phosphoric ester groups is 1. The Kier molecular flexibility index (Phi) is 35.4. The fourth-order valence-corrected chi connectivity index (χ4v) is 7.60. The molecule has 1 aromatic rings. The van der Waals surface area contributed by atoms with E-state index in [4.69, 9.17) is 22.9 Å². The Labute approximate surface area is 405 Å². The molecule has 67 heavy (non-hydrogen) atoms. The molecular weight excluding hydrogens is 870 g/mol. The van der Waals surface area contributed by atoms with Crippen LogP contribution in [0, 0.1) is 13.8 Å². The summed E-state index contributed by atoms with van der Waals surface area (Å²) < 4.78 is 40.1. The molecule has 1 heterocycles. The van der Waals surface area contributed by atoms with Gasteiger partial charge in [0.15, 0.2) is 6.10 Å². The van der Waals surface area contributed by atoms with Gasteiger partial charge < -0.3 is 42.5 Å². The van der Waals surface area contributed by atoms with E-state index >= 15 is 0 Å². The number of quaternary nitrogens is 1. The number of carbonyl (C=O) groups is 2. The summed E-state index contributed by atoms with van der Waals surface area (Å²) in [6.45, 7) is 8.13. The topological polar surface area (TPSA) is 165 Å². The number of likely N-dealkylation sites (N-methyl/N-ethyl adjacent to an activating group) is 1. The number of nitrogens with zero attached hydrogens (tertiary/aromatic N) is 1. The van der Waals surface area contributed by atoms with Crippen LogP contribution in [0.15, 0.2) is 77.3 Å². The summed E-state index contributed by atoms with van der Waals surface area (Å²) in [4.78, 5) is 37.8. The van der Waals surface area contributed by atoms with Crippen LogP contribution in [-0.2, 0) is 45.5 Å². The van der Waals surface area contributed by atoms with E-state index in [1.807, 2.05) is 63.7 Å². The maximum atomic E-state index is 12.7. The van der Waals surface area contributed by atoms with E-state index in [0.29, 0.717) is 43.1 Å². The molecule has 0 spiro atoms. The number of unbranched alkanes of at least 4 members (excludes halogenated alkanes) is 12. The second kappa shape index (κ2) is 38.5. The van der Waals surface area contributed by atoms with E-state index in [2.05, 4.69) is 27.7 Å². The van der Waals surface area contributed by atoms with Crippen molar-refractivity contribution in [2.45, 2.75) is 187 Å². The van der Waals surface area contributed by atoms with E-state index in [1.54, 1.807) is 30.4 Å². The predicted octanol–water partition coefficient (Wildman–Crippen LogP) is 11.5. The molecular formula is C54H90NO11P. The lowest BCUT2D eigenvalue weighted by Crippen LogP contribution is -2.37. The largest absolute Gasteiger partial charge is 0.756 e. The molecule has 2 N–H and O–H groups in total. The van der Waals surface area contributed by atoms with Gasteiger partial charge in [-0.25, -0.2) is 0 Å². The van der Waals surface area contributed by atoms with Gasteiger partial charge >= 0.3 is 11.9 Å². The Morgan fingerprint density at radius 1 is 0.687 bits per heavy atom. The van der Waals surface area contributed by atoms with Gasteiger partial charge in [0.1, 0.15) is 31.3 Å². The van der Waals surface area contributed by atoms with Crippen LogP contribution in [0.4, 0.5) is 0 Å². The van der Waals surface area contributed by atoms with Crippen LogP contribution >= 0.6 is 7.82 Å². The third kappa shape index (κ3) is 35.4. The number of rotatable bonds is 41. The molecule has 0 aliphatic heterocycles. The van der Waals surface area contributed by atoms with Crippen molar-refractivity contribution in [1.29, 1.82) is 0 Å². The standard InChI is InChI=1S/C54H90NO11P/c1-8-10-26-34-48(56)35-28-21-17-16-18-22-29-36-49(57)37-30-25-33-41-54(59)65-50(45-64-67(60,61)63-43-42-55(5,6)7)44-62-53(58)40-32-24-20-15-13-12-14-19-23-31-39-52-47(4)46(3)51(66-52)38-27-11-9-2/h10,17-18,21-22,26,28-30,35-37,48-50,56-57H,8-9,11-16,19-20,23-25,27,31-34,38-45H2,1-7H3/b21-17-,22-18-,26-10-,35-28+,36-29+,37-30-/t48-,49-,50+/m0/s1. The highest BCUT2D eigenvalue weighted by molar-refractivity contribution is 7.45. The van der Waals surface area contributed by atoms with Crippen LogP contribution in [-0.4, -0.2) is 92.5 Å². The lowest BCUT2D eigenvalue weighted by atomic mass is 10.0. The Bertz CT molecular complexity index is 1690. The molecule has 0 aliphatic rings. The molecule has 0 saturated carbocycles. The van der Waals surface area contributed by atoms with E-state index in [9.17, 15) is 29.3 Å². The minimum atomic E-state index is -4.70. The number of aliphatic hydroxyl groups is 2. The van der Waals surface area contributed by atoms with Crippen molar-refractivity contribution in [2.75, 3.05) is 47.5 Å². The molecule has 13 heteroatoms. The minimum Gasteiger partial charge on any atom is -0.756 e. The zero-order valence-electron chi connectivity index (χ0n) is 42.5. The molecule has 0 fully saturated rings. The zero-order chi connectivity index (χ0) is 49.6. The predicted molar refractivity (Wildman–Crippen MR) is 269 cm³/mol. The van der Waals surface area contributed by atoms with Crippen LogP contribution in [0.1, 0.15) is 165 Å². The second-order valence-corrected chi connectivity index (χ2v) is 19.8. The molecule has 12 nitrogen and oxygen atoms in total. The number of ether oxygens (including phenoxy) is 2. The molecule has 1 aromatic heterocycles. The number of hydrogen-bond donors (Lipinski definition) is 2. The average molecular weight is 960 g/mol. The van der Waals surface area contributed by atoms with Crippen LogP contribution in [0.3, 0.4) is 0 Å². The summed E-state index contributed by atoms with van der Waals surface area (Å²) in [5, 5.41) is 20.1. The van der Waals surface area contributed by atoms with Crippen molar-refractivity contribution in [3.05, 3.63) is 95.6 Å². The number of aryl methyl sites for hydroxylation is 2. The quantitative estimate of drug-likeness (QED) is 0.0160. The fraction of sp³-hybridized carbons (Fsp3) is 0.667. The molecule has 0 aliphatic carbocycles. The molecule has 4 atom stereocenters. The van der Waals surface area contributed by atoms with Gasteiger partial charge in [0.2, 0.25) is 0 Å². The summed E-state index contributed by atoms with van der Waals surface area (Å²) in [6.07, 6.45) is 39.7. The van der Waals surface area contributed by atoms with Crippen LogP contribution < -0.4 is 4.89 Å². The van der Waals surface area contributed by atoms with Crippen molar-refractivity contribution in [1.82, 2.24) is 0 Å². The van der Waals surface area contributed by atoms with E-state index in [-0.39, 0.29) is 26.1 Å². The first-order chi connectivity index (χ1) is 32.1. The first-order valence-corrected chi connectivity index (χ1v) is 26.7. The van der Waals surface area contributed by atoms with Crippen LogP contribution in [0.2, 0.25) is 0 Å². The number of carbonyl (C=O) groups excluding carboxylic acids is 2. The SMILES string of the molecule is CC/C=C\C[C@H](O)/C=C/C=C\C/C=C\C=C\[C@H](O)/C=C\CCCC(=O)O[C@H](COC(=O)CCCCCCCCCCCCc1oc(CCCCC)c(C)c1C)COP(=O)([O-])OCC[N+](C)(C)C. The van der Waals surface area contributed by atoms with Gasteiger partial charge in [-0.3, -0.25) is 14.2 Å². The van der Waals surface area contributed by atoms with Crippen molar-refractivity contribution in [3.63, 3.8) is 0 Å². The van der Waals surface area contributed by atoms with Crippen molar-refractivity contribution >= 4 is 19.8 Å². The van der Waals surface area contributed by atoms with Crippen molar-refractivity contribution in [2.24, 2.45) is 0 Å². The van der Waals surface area contributed by atoms with Gasteiger partial charge in [-0.1, -0.05) is 151 Å². The number of allylic oxidation sites excluding steroid dienone is 8. The van der Waals surface area contributed by atoms with Crippen LogP contribution in [0.5, 0.6) is 0 Å². The number of furan rings is 1. The van der Waals surface area contributed by atoms with E-state index < -0.39 is 44.7 Å². The lowest BCUT2D eigenvalue weighted by Gasteiger charge is -2.28. The van der Waals surface area contributed by atoms with Gasteiger partial charge in [-0.2, -0.15) is 0 Å². The van der Waals surface area contributed by atoms with E-state index in [1.165, 1.54) is 74.0 Å². The molecule has 382 valence electrons. The summed E-state index contributed by atoms with van der Waals surface area (Å²) >= 11 is 0. The number of aliphatic hydroxyl groups excluding tert-OH is 2. The highest BCUT2D eigenvalue weighted by Gasteiger charge is 2.22. The van der Waals surface area contributed by atoms with Gasteiger partial charge in [0.25, 0.3) is 7.82 Å². The average Bonchev–Trinajstić information content (AvgIpc) is 3.54. The maximum absolute atomic E-state index is 12.7. The van der Waals surface area contributed by atoms with E-state index in [0.717, 1.165) is 44.9 Å². The highest BCUT2D eigenvalue weighted by atomic mass is 31.2. The third-order valence-electron chi connectivity index (χ3n) is 11.1. The Morgan fingerprint density at radius 2 is 1.27 bits per heavy atom. The molecule has 0 aromatic carbocycles. The van der Waals surface area contributed by atoms with Crippen molar-refractivity contribution in [3.8, 4) is 0 Å². The smallest absolute Gasteiger partial charge is 0.306 e. The molecule has 1 rings (SSSR count). The number of esters is 2. The third-order valence-corrected chi connectivity index (χ3v) is 12.1. The summed E-state index contributed by atoms with van der Waals surface area (Å²) in [6, 6.07) is 0. The van der Waals surface area contributed by atoms with Gasteiger partial charge in [0, 0.05) is 25.7 Å².